The van der Waals surface area contributed by atoms with E-state index in [0.717, 1.165) is 12.8 Å². The average molecular weight is 545 g/mol. The largest absolute Gasteiger partial charge is 0.0683 e. The molecule has 0 fully saturated rings. The fraction of sp³-hybridized carbons (Fsp3) is 0.143. The van der Waals surface area contributed by atoms with Crippen LogP contribution in [-0.4, -0.2) is 0 Å². The van der Waals surface area contributed by atoms with Crippen LogP contribution in [0.2, 0.25) is 0 Å². The number of fused-ring (bicyclic) bond motifs is 6. The Labute approximate surface area is 252 Å². The van der Waals surface area contributed by atoms with Gasteiger partial charge in [-0.25, -0.2) is 0 Å². The zero-order chi connectivity index (χ0) is 29.3. The monoisotopic (exact) mass is 544 g/mol. The highest BCUT2D eigenvalue weighted by Crippen LogP contribution is 2.41. The SMILES string of the molecule is CC.CC.c1ccc(-c2ccc3c(c2)-c2ccccc2C3)cc1.c1ccc(-c2cccc3c2Cc2ccccc2-3)cc1. The van der Waals surface area contributed by atoms with Crippen LogP contribution >= 0.6 is 0 Å². The van der Waals surface area contributed by atoms with Crippen molar-refractivity contribution in [3.8, 4) is 44.5 Å². The van der Waals surface area contributed by atoms with Crippen molar-refractivity contribution in [1.29, 1.82) is 0 Å². The minimum Gasteiger partial charge on any atom is -0.0683 e. The maximum atomic E-state index is 2.33. The molecule has 0 aromatic heterocycles. The molecule has 0 aliphatic heterocycles. The minimum absolute atomic E-state index is 1.05. The quantitative estimate of drug-likeness (QED) is 0.203. The predicted molar refractivity (Wildman–Crippen MR) is 183 cm³/mol. The van der Waals surface area contributed by atoms with Crippen molar-refractivity contribution >= 4 is 0 Å². The lowest BCUT2D eigenvalue weighted by atomic mass is 9.96. The molecule has 42 heavy (non-hydrogen) atoms. The molecule has 0 radical (unpaired) electrons. The Morgan fingerprint density at radius 3 is 1.45 bits per heavy atom. The lowest BCUT2D eigenvalue weighted by Crippen LogP contribution is -1.87. The number of benzene rings is 6. The van der Waals surface area contributed by atoms with Crippen molar-refractivity contribution in [2.45, 2.75) is 40.5 Å². The van der Waals surface area contributed by atoms with Crippen LogP contribution in [0.4, 0.5) is 0 Å². The predicted octanol–water partition coefficient (Wildman–Crippen LogP) is 11.9. The molecular formula is C42H40. The molecule has 6 aromatic rings. The standard InChI is InChI=1S/2C19H14.2C2H6/c1-2-7-14(8-3-1)16-11-6-12-18-17-10-5-4-9-15(17)13-19(16)18;1-2-6-14(7-3-1)15-10-11-17-12-16-8-4-5-9-18(16)19(17)13-15;2*1-2/h1-12H,13H2;1-11,13H,12H2;2*1-2H3. The summed E-state index contributed by atoms with van der Waals surface area (Å²) in [6.45, 7) is 8.00. The second kappa shape index (κ2) is 13.8. The molecule has 0 spiro atoms. The Hall–Kier alpha value is -4.68. The Balaban J connectivity index is 0.000000150. The van der Waals surface area contributed by atoms with E-state index >= 15 is 0 Å². The van der Waals surface area contributed by atoms with Crippen molar-refractivity contribution in [2.24, 2.45) is 0 Å². The van der Waals surface area contributed by atoms with Crippen LogP contribution in [0.1, 0.15) is 49.9 Å². The van der Waals surface area contributed by atoms with Crippen LogP contribution in [0.25, 0.3) is 44.5 Å². The van der Waals surface area contributed by atoms with Crippen molar-refractivity contribution in [3.05, 3.63) is 168 Å². The Morgan fingerprint density at radius 1 is 0.310 bits per heavy atom. The highest BCUT2D eigenvalue weighted by molar-refractivity contribution is 5.85. The zero-order valence-corrected chi connectivity index (χ0v) is 25.3. The van der Waals surface area contributed by atoms with Crippen LogP contribution in [0.3, 0.4) is 0 Å². The third kappa shape index (κ3) is 5.85. The van der Waals surface area contributed by atoms with E-state index in [-0.39, 0.29) is 0 Å². The number of hydrogen-bond acceptors (Lipinski definition) is 0. The van der Waals surface area contributed by atoms with Crippen LogP contribution in [-0.2, 0) is 12.8 Å². The van der Waals surface area contributed by atoms with Gasteiger partial charge in [0.1, 0.15) is 0 Å². The first kappa shape index (κ1) is 28.8. The highest BCUT2D eigenvalue weighted by Gasteiger charge is 2.21. The molecule has 0 bridgehead atoms. The summed E-state index contributed by atoms with van der Waals surface area (Å²) in [5.41, 5.74) is 16.7. The second-order valence-corrected chi connectivity index (χ2v) is 10.1. The van der Waals surface area contributed by atoms with Crippen LogP contribution < -0.4 is 0 Å². The summed E-state index contributed by atoms with van der Waals surface area (Å²) in [7, 11) is 0. The summed E-state index contributed by atoms with van der Waals surface area (Å²) in [4.78, 5) is 0. The Bertz CT molecular complexity index is 1730. The van der Waals surface area contributed by atoms with E-state index in [1.165, 1.54) is 66.8 Å². The molecule has 6 aromatic carbocycles. The molecule has 0 unspecified atom stereocenters. The van der Waals surface area contributed by atoms with Gasteiger partial charge in [0.25, 0.3) is 0 Å². The first-order chi connectivity index (χ1) is 20.8. The average Bonchev–Trinajstić information content (AvgIpc) is 3.66. The highest BCUT2D eigenvalue weighted by atomic mass is 14.2. The molecule has 2 aliphatic carbocycles. The van der Waals surface area contributed by atoms with Crippen molar-refractivity contribution in [3.63, 3.8) is 0 Å². The van der Waals surface area contributed by atoms with Crippen LogP contribution in [0, 0.1) is 0 Å². The fourth-order valence-electron chi connectivity index (χ4n) is 5.98. The molecule has 0 amide bonds. The number of hydrogen-bond donors (Lipinski definition) is 0. The molecule has 0 saturated carbocycles. The van der Waals surface area contributed by atoms with E-state index in [2.05, 4.69) is 146 Å². The summed E-state index contributed by atoms with van der Waals surface area (Å²) in [6, 6.07) is 52.2. The van der Waals surface area contributed by atoms with Gasteiger partial charge in [0.05, 0.1) is 0 Å². The third-order valence-electron chi connectivity index (χ3n) is 7.84. The smallest absolute Gasteiger partial charge is 0.000729 e. The van der Waals surface area contributed by atoms with Crippen molar-refractivity contribution < 1.29 is 0 Å². The summed E-state index contributed by atoms with van der Waals surface area (Å²) in [6.07, 6.45) is 2.12. The molecule has 208 valence electrons. The maximum Gasteiger partial charge on any atom is -0.000729 e. The molecule has 0 nitrogen and oxygen atoms in total. The molecule has 0 atom stereocenters. The summed E-state index contributed by atoms with van der Waals surface area (Å²) < 4.78 is 0. The Kier molecular flexibility index (Phi) is 9.47. The molecule has 0 heteroatoms. The van der Waals surface area contributed by atoms with E-state index in [1.54, 1.807) is 0 Å². The maximum absolute atomic E-state index is 2.33. The van der Waals surface area contributed by atoms with Crippen LogP contribution in [0.15, 0.2) is 146 Å². The topological polar surface area (TPSA) is 0 Å². The van der Waals surface area contributed by atoms with Gasteiger partial charge in [-0.1, -0.05) is 167 Å². The Morgan fingerprint density at radius 2 is 0.786 bits per heavy atom. The third-order valence-corrected chi connectivity index (χ3v) is 7.84. The fourth-order valence-corrected chi connectivity index (χ4v) is 5.98. The summed E-state index contributed by atoms with van der Waals surface area (Å²) in [5, 5.41) is 0. The van der Waals surface area contributed by atoms with Gasteiger partial charge in [0.15, 0.2) is 0 Å². The van der Waals surface area contributed by atoms with Gasteiger partial charge in [0, 0.05) is 0 Å². The van der Waals surface area contributed by atoms with Gasteiger partial charge in [-0.15, -0.1) is 0 Å². The molecule has 0 heterocycles. The molecule has 0 saturated heterocycles. The van der Waals surface area contributed by atoms with E-state index in [4.69, 9.17) is 0 Å². The van der Waals surface area contributed by atoms with Gasteiger partial charge < -0.3 is 0 Å². The summed E-state index contributed by atoms with van der Waals surface area (Å²) >= 11 is 0. The first-order valence-electron chi connectivity index (χ1n) is 15.4. The van der Waals surface area contributed by atoms with Crippen LogP contribution in [0.5, 0.6) is 0 Å². The molecular weight excluding hydrogens is 504 g/mol. The second-order valence-electron chi connectivity index (χ2n) is 10.1. The van der Waals surface area contributed by atoms with Crippen molar-refractivity contribution in [1.82, 2.24) is 0 Å². The minimum atomic E-state index is 1.05. The molecule has 2 aliphatic rings. The van der Waals surface area contributed by atoms with Gasteiger partial charge in [0.2, 0.25) is 0 Å². The van der Waals surface area contributed by atoms with Gasteiger partial charge in [-0.05, 0) is 85.7 Å². The van der Waals surface area contributed by atoms with Crippen molar-refractivity contribution in [2.75, 3.05) is 0 Å². The first-order valence-corrected chi connectivity index (χ1v) is 15.4. The van der Waals surface area contributed by atoms with Gasteiger partial charge in [-0.2, -0.15) is 0 Å². The lowest BCUT2D eigenvalue weighted by Gasteiger charge is -2.08. The van der Waals surface area contributed by atoms with Gasteiger partial charge >= 0.3 is 0 Å². The van der Waals surface area contributed by atoms with E-state index in [1.807, 2.05) is 27.7 Å². The number of rotatable bonds is 2. The lowest BCUT2D eigenvalue weighted by molar-refractivity contribution is 1.26. The summed E-state index contributed by atoms with van der Waals surface area (Å²) in [5.74, 6) is 0. The van der Waals surface area contributed by atoms with Gasteiger partial charge in [-0.3, -0.25) is 0 Å². The van der Waals surface area contributed by atoms with E-state index in [0.29, 0.717) is 0 Å². The van der Waals surface area contributed by atoms with E-state index in [9.17, 15) is 0 Å². The van der Waals surface area contributed by atoms with E-state index < -0.39 is 0 Å². The normalized spacial score (nSPS) is 11.1. The molecule has 0 N–H and O–H groups in total. The zero-order valence-electron chi connectivity index (χ0n) is 25.3. The molecule has 8 rings (SSSR count).